The Hall–Kier alpha value is -3.00. The van der Waals surface area contributed by atoms with Gasteiger partial charge in [0.05, 0.1) is 37.8 Å². The van der Waals surface area contributed by atoms with E-state index >= 15 is 0 Å². The first-order valence-electron chi connectivity index (χ1n) is 7.73. The molecule has 26 heavy (non-hydrogen) atoms. The molecule has 2 heterocycles. The summed E-state index contributed by atoms with van der Waals surface area (Å²) in [5.41, 5.74) is -0.426. The van der Waals surface area contributed by atoms with Gasteiger partial charge in [-0.2, -0.15) is 0 Å². The molecule has 0 bridgehead atoms. The second-order valence-electron chi connectivity index (χ2n) is 5.57. The summed E-state index contributed by atoms with van der Waals surface area (Å²) in [5.74, 6) is -3.73. The van der Waals surface area contributed by atoms with Gasteiger partial charge in [-0.3, -0.25) is 9.69 Å². The van der Waals surface area contributed by atoms with Gasteiger partial charge < -0.3 is 14.2 Å². The molecule has 0 aliphatic heterocycles. The van der Waals surface area contributed by atoms with Gasteiger partial charge in [0.25, 0.3) is 0 Å². The van der Waals surface area contributed by atoms with Gasteiger partial charge in [-0.25, -0.2) is 13.2 Å². The quantitative estimate of drug-likeness (QED) is 0.646. The molecule has 0 saturated carbocycles. The molecule has 1 amide bonds. The number of furan rings is 2. The molecule has 0 atom stereocenters. The van der Waals surface area contributed by atoms with Crippen molar-refractivity contribution in [3.8, 4) is 0 Å². The Balaban J connectivity index is 1.69. The van der Waals surface area contributed by atoms with Crippen LogP contribution in [0.1, 0.15) is 11.5 Å². The molecule has 0 saturated heterocycles. The van der Waals surface area contributed by atoms with Crippen LogP contribution in [0.3, 0.4) is 0 Å². The lowest BCUT2D eigenvalue weighted by Crippen LogP contribution is -2.32. The van der Waals surface area contributed by atoms with Gasteiger partial charge in [0, 0.05) is 0 Å². The van der Waals surface area contributed by atoms with E-state index in [4.69, 9.17) is 8.83 Å². The number of benzene rings is 1. The molecule has 0 fully saturated rings. The predicted molar refractivity (Wildman–Crippen MR) is 86.5 cm³/mol. The van der Waals surface area contributed by atoms with Crippen LogP contribution in [0.2, 0.25) is 0 Å². The number of carbonyl (C=O) groups is 1. The summed E-state index contributed by atoms with van der Waals surface area (Å²) in [6, 6.07) is 8.66. The number of halogens is 3. The van der Waals surface area contributed by atoms with Crippen molar-refractivity contribution in [3.05, 3.63) is 77.9 Å². The maximum absolute atomic E-state index is 13.7. The van der Waals surface area contributed by atoms with Crippen molar-refractivity contribution in [2.75, 3.05) is 11.9 Å². The van der Waals surface area contributed by atoms with Crippen molar-refractivity contribution >= 4 is 11.6 Å². The number of nitrogens with one attached hydrogen (secondary N) is 1. The molecular formula is C18H15F3N2O3. The predicted octanol–water partition coefficient (Wildman–Crippen LogP) is 3.93. The summed E-state index contributed by atoms with van der Waals surface area (Å²) in [4.78, 5) is 13.9. The molecule has 0 aliphatic rings. The van der Waals surface area contributed by atoms with E-state index in [1.807, 2.05) is 0 Å². The van der Waals surface area contributed by atoms with Crippen LogP contribution in [-0.2, 0) is 17.9 Å². The second-order valence-corrected chi connectivity index (χ2v) is 5.57. The first-order valence-corrected chi connectivity index (χ1v) is 7.73. The molecule has 8 heteroatoms. The van der Waals surface area contributed by atoms with E-state index < -0.39 is 29.0 Å². The summed E-state index contributed by atoms with van der Waals surface area (Å²) in [6.07, 6.45) is 3.02. The Morgan fingerprint density at radius 3 is 2.08 bits per heavy atom. The van der Waals surface area contributed by atoms with Gasteiger partial charge in [0.15, 0.2) is 17.5 Å². The minimum absolute atomic E-state index is 0.139. The molecule has 0 unspecified atom stereocenters. The van der Waals surface area contributed by atoms with E-state index in [0.717, 1.165) is 12.1 Å². The third-order valence-electron chi connectivity index (χ3n) is 3.60. The number of anilines is 1. The lowest BCUT2D eigenvalue weighted by Gasteiger charge is -2.19. The number of hydrogen-bond acceptors (Lipinski definition) is 4. The van der Waals surface area contributed by atoms with Crippen LogP contribution in [0.4, 0.5) is 18.9 Å². The van der Waals surface area contributed by atoms with Crippen LogP contribution in [0.5, 0.6) is 0 Å². The van der Waals surface area contributed by atoms with Crippen molar-refractivity contribution in [1.82, 2.24) is 4.90 Å². The average Bonchev–Trinajstić information content (AvgIpc) is 3.29. The third-order valence-corrected chi connectivity index (χ3v) is 3.60. The van der Waals surface area contributed by atoms with E-state index in [-0.39, 0.29) is 6.54 Å². The van der Waals surface area contributed by atoms with Crippen molar-refractivity contribution in [2.45, 2.75) is 13.1 Å². The fourth-order valence-electron chi connectivity index (χ4n) is 2.43. The van der Waals surface area contributed by atoms with Crippen molar-refractivity contribution in [2.24, 2.45) is 0 Å². The number of rotatable bonds is 7. The smallest absolute Gasteiger partial charge is 0.238 e. The Kier molecular flexibility index (Phi) is 5.43. The number of hydrogen-bond donors (Lipinski definition) is 1. The largest absolute Gasteiger partial charge is 0.468 e. The summed E-state index contributed by atoms with van der Waals surface area (Å²) in [5, 5.41) is 2.24. The lowest BCUT2D eigenvalue weighted by atomic mass is 10.2. The average molecular weight is 364 g/mol. The summed E-state index contributed by atoms with van der Waals surface area (Å²) in [6.45, 7) is 0.475. The molecule has 2 aromatic heterocycles. The maximum atomic E-state index is 13.7. The number of carbonyl (C=O) groups excluding carboxylic acids is 1. The summed E-state index contributed by atoms with van der Waals surface area (Å²) < 4.78 is 50.5. The van der Waals surface area contributed by atoms with E-state index in [1.165, 1.54) is 12.5 Å². The van der Waals surface area contributed by atoms with Gasteiger partial charge in [-0.1, -0.05) is 0 Å². The van der Waals surface area contributed by atoms with Crippen LogP contribution in [0.25, 0.3) is 0 Å². The zero-order valence-electron chi connectivity index (χ0n) is 13.5. The minimum atomic E-state index is -1.63. The van der Waals surface area contributed by atoms with E-state index in [9.17, 15) is 18.0 Å². The Labute approximate surface area is 147 Å². The number of nitrogens with zero attached hydrogens (tertiary/aromatic N) is 1. The van der Waals surface area contributed by atoms with Crippen molar-refractivity contribution in [1.29, 1.82) is 0 Å². The molecule has 3 aromatic rings. The molecule has 5 nitrogen and oxygen atoms in total. The lowest BCUT2D eigenvalue weighted by molar-refractivity contribution is -0.117. The molecule has 136 valence electrons. The molecule has 0 radical (unpaired) electrons. The highest BCUT2D eigenvalue weighted by Crippen LogP contribution is 2.20. The Bertz CT molecular complexity index is 828. The highest BCUT2D eigenvalue weighted by Gasteiger charge is 2.18. The first kappa shape index (κ1) is 17.8. The molecule has 1 aromatic carbocycles. The van der Waals surface area contributed by atoms with Gasteiger partial charge in [-0.05, 0) is 36.4 Å². The van der Waals surface area contributed by atoms with Gasteiger partial charge >= 0.3 is 0 Å². The Morgan fingerprint density at radius 2 is 1.54 bits per heavy atom. The van der Waals surface area contributed by atoms with E-state index in [0.29, 0.717) is 24.6 Å². The van der Waals surface area contributed by atoms with Gasteiger partial charge in [-0.15, -0.1) is 0 Å². The fourth-order valence-corrected chi connectivity index (χ4v) is 2.43. The van der Waals surface area contributed by atoms with Crippen molar-refractivity contribution < 1.29 is 26.8 Å². The highest BCUT2D eigenvalue weighted by molar-refractivity contribution is 5.92. The highest BCUT2D eigenvalue weighted by atomic mass is 19.2. The first-order chi connectivity index (χ1) is 12.5. The van der Waals surface area contributed by atoms with Crippen LogP contribution in [0.15, 0.2) is 57.8 Å². The van der Waals surface area contributed by atoms with Crippen LogP contribution in [0, 0.1) is 17.5 Å². The van der Waals surface area contributed by atoms with Gasteiger partial charge in [0.2, 0.25) is 5.91 Å². The third kappa shape index (κ3) is 4.34. The number of amides is 1. The van der Waals surface area contributed by atoms with Crippen LogP contribution in [-0.4, -0.2) is 17.4 Å². The topological polar surface area (TPSA) is 58.6 Å². The summed E-state index contributed by atoms with van der Waals surface area (Å²) in [7, 11) is 0. The maximum Gasteiger partial charge on any atom is 0.238 e. The molecule has 0 aliphatic carbocycles. The molecule has 1 N–H and O–H groups in total. The van der Waals surface area contributed by atoms with Gasteiger partial charge in [0.1, 0.15) is 11.5 Å². The fraction of sp³-hybridized carbons (Fsp3) is 0.167. The summed E-state index contributed by atoms with van der Waals surface area (Å²) >= 11 is 0. The molecule has 0 spiro atoms. The molecule has 3 rings (SSSR count). The zero-order valence-corrected chi connectivity index (χ0v) is 13.5. The van der Waals surface area contributed by atoms with Crippen LogP contribution < -0.4 is 5.32 Å². The Morgan fingerprint density at radius 1 is 0.923 bits per heavy atom. The van der Waals surface area contributed by atoms with E-state index in [2.05, 4.69) is 5.32 Å². The minimum Gasteiger partial charge on any atom is -0.468 e. The van der Waals surface area contributed by atoms with E-state index in [1.54, 1.807) is 29.2 Å². The standard InChI is InChI=1S/C18H15F3N2O3/c19-14-5-6-15(18(21)17(14)20)22-16(24)11-23(9-12-3-1-7-25-12)10-13-4-2-8-26-13/h1-8H,9-11H2,(H,22,24). The molecular weight excluding hydrogens is 349 g/mol. The second kappa shape index (κ2) is 7.92. The normalized spacial score (nSPS) is 11.1. The SMILES string of the molecule is O=C(CN(Cc1ccco1)Cc1ccco1)Nc1ccc(F)c(F)c1F. The monoisotopic (exact) mass is 364 g/mol. The zero-order chi connectivity index (χ0) is 18.5. The van der Waals surface area contributed by atoms with Crippen molar-refractivity contribution in [3.63, 3.8) is 0 Å². The van der Waals surface area contributed by atoms with Crippen LogP contribution >= 0.6 is 0 Å².